The molecule has 0 bridgehead atoms. The fraction of sp³-hybridized carbons (Fsp3) is 0.889. The molecule has 13 heavy (non-hydrogen) atoms. The molecule has 1 fully saturated rings. The first-order chi connectivity index (χ1) is 6.33. The largest absolute Gasteiger partial charge is 0.381 e. The Kier molecular flexibility index (Phi) is 4.78. The van der Waals surface area contributed by atoms with Crippen LogP contribution in [0, 0.1) is 5.92 Å². The Morgan fingerprint density at radius 3 is 2.85 bits per heavy atom. The van der Waals surface area contributed by atoms with Gasteiger partial charge in [-0.25, -0.2) is 0 Å². The van der Waals surface area contributed by atoms with Gasteiger partial charge >= 0.3 is 0 Å². The van der Waals surface area contributed by atoms with Crippen molar-refractivity contribution in [2.75, 3.05) is 33.5 Å². The second kappa shape index (κ2) is 5.94. The van der Waals surface area contributed by atoms with Gasteiger partial charge in [-0.15, -0.1) is 0 Å². The molecule has 0 aliphatic carbocycles. The lowest BCUT2D eigenvalue weighted by Gasteiger charge is -2.21. The maximum atomic E-state index is 11.0. The van der Waals surface area contributed by atoms with Crippen LogP contribution in [-0.4, -0.2) is 39.4 Å². The fourth-order valence-corrected chi connectivity index (χ4v) is 1.39. The van der Waals surface area contributed by atoms with Crippen LogP contribution in [0.1, 0.15) is 12.8 Å². The maximum absolute atomic E-state index is 11.0. The molecule has 1 aliphatic rings. The van der Waals surface area contributed by atoms with Crippen molar-refractivity contribution in [3.05, 3.63) is 0 Å². The monoisotopic (exact) mass is 187 g/mol. The van der Waals surface area contributed by atoms with Gasteiger partial charge in [0.2, 0.25) is 5.91 Å². The van der Waals surface area contributed by atoms with Crippen LogP contribution >= 0.6 is 0 Å². The van der Waals surface area contributed by atoms with Crippen LogP contribution in [0.15, 0.2) is 0 Å². The highest BCUT2D eigenvalue weighted by molar-refractivity contribution is 5.77. The van der Waals surface area contributed by atoms with E-state index in [0.29, 0.717) is 5.92 Å². The Balaban J connectivity index is 2.06. The Bertz CT molecular complexity index is 155. The molecular weight excluding hydrogens is 170 g/mol. The molecular formula is C9H17NO3. The third kappa shape index (κ3) is 4.24. The molecule has 0 saturated carbocycles. The van der Waals surface area contributed by atoms with Crippen LogP contribution < -0.4 is 5.32 Å². The average Bonchev–Trinajstić information content (AvgIpc) is 2.17. The van der Waals surface area contributed by atoms with Gasteiger partial charge in [0.1, 0.15) is 6.61 Å². The molecule has 1 saturated heterocycles. The van der Waals surface area contributed by atoms with Crippen molar-refractivity contribution >= 4 is 5.91 Å². The zero-order valence-electron chi connectivity index (χ0n) is 8.04. The van der Waals surface area contributed by atoms with Crippen LogP contribution in [0.5, 0.6) is 0 Å². The predicted octanol–water partition coefficient (Wildman–Crippen LogP) is 0.176. The lowest BCUT2D eigenvalue weighted by molar-refractivity contribution is -0.125. The van der Waals surface area contributed by atoms with E-state index in [4.69, 9.17) is 9.47 Å². The molecule has 0 atom stereocenters. The molecule has 0 aromatic rings. The Hall–Kier alpha value is -0.610. The molecule has 4 nitrogen and oxygen atoms in total. The molecule has 0 aromatic heterocycles. The summed E-state index contributed by atoms with van der Waals surface area (Å²) in [6.07, 6.45) is 2.10. The number of rotatable bonds is 4. The van der Waals surface area contributed by atoms with E-state index in [0.717, 1.165) is 32.6 Å². The van der Waals surface area contributed by atoms with E-state index >= 15 is 0 Å². The minimum absolute atomic E-state index is 0.0333. The van der Waals surface area contributed by atoms with Crippen LogP contribution in [0.2, 0.25) is 0 Å². The highest BCUT2D eigenvalue weighted by Gasteiger charge is 2.14. The molecule has 0 spiro atoms. The summed E-state index contributed by atoms with van der Waals surface area (Å²) in [4.78, 5) is 11.0. The maximum Gasteiger partial charge on any atom is 0.245 e. The highest BCUT2D eigenvalue weighted by atomic mass is 16.5. The standard InChI is InChI=1S/C9H17NO3/c1-12-7-9(11)10-6-8-2-4-13-5-3-8/h8H,2-7H2,1H3,(H,10,11). The van der Waals surface area contributed by atoms with Crippen molar-refractivity contribution in [2.24, 2.45) is 5.92 Å². The van der Waals surface area contributed by atoms with Gasteiger partial charge in [0, 0.05) is 26.9 Å². The molecule has 1 N–H and O–H groups in total. The van der Waals surface area contributed by atoms with Gasteiger partial charge < -0.3 is 14.8 Å². The Labute approximate surface area is 78.6 Å². The van der Waals surface area contributed by atoms with Crippen molar-refractivity contribution in [1.29, 1.82) is 0 Å². The van der Waals surface area contributed by atoms with E-state index in [1.807, 2.05) is 0 Å². The molecule has 0 radical (unpaired) electrons. The summed E-state index contributed by atoms with van der Waals surface area (Å²) < 4.78 is 9.92. The second-order valence-corrected chi connectivity index (χ2v) is 3.29. The number of hydrogen-bond acceptors (Lipinski definition) is 3. The molecule has 1 amide bonds. The molecule has 4 heteroatoms. The van der Waals surface area contributed by atoms with Crippen molar-refractivity contribution in [1.82, 2.24) is 5.32 Å². The summed E-state index contributed by atoms with van der Waals surface area (Å²) in [7, 11) is 1.52. The number of carbonyl (C=O) groups excluding carboxylic acids is 1. The summed E-state index contributed by atoms with van der Waals surface area (Å²) in [6.45, 7) is 2.56. The van der Waals surface area contributed by atoms with E-state index in [2.05, 4.69) is 5.32 Å². The Morgan fingerprint density at radius 1 is 1.54 bits per heavy atom. The van der Waals surface area contributed by atoms with Crippen LogP contribution in [0.4, 0.5) is 0 Å². The van der Waals surface area contributed by atoms with Crippen LogP contribution in [-0.2, 0) is 14.3 Å². The minimum Gasteiger partial charge on any atom is -0.381 e. The quantitative estimate of drug-likeness (QED) is 0.682. The number of hydrogen-bond donors (Lipinski definition) is 1. The summed E-state index contributed by atoms with van der Waals surface area (Å²) in [5.41, 5.74) is 0. The summed E-state index contributed by atoms with van der Waals surface area (Å²) in [5, 5.41) is 2.83. The van der Waals surface area contributed by atoms with E-state index in [1.54, 1.807) is 0 Å². The van der Waals surface area contributed by atoms with Gasteiger partial charge in [-0.1, -0.05) is 0 Å². The summed E-state index contributed by atoms with van der Waals surface area (Å²) in [5.74, 6) is 0.545. The molecule has 1 aliphatic heterocycles. The van der Waals surface area contributed by atoms with Gasteiger partial charge in [-0.3, -0.25) is 4.79 Å². The average molecular weight is 187 g/mol. The third-order valence-corrected chi connectivity index (χ3v) is 2.20. The van der Waals surface area contributed by atoms with Crippen molar-refractivity contribution in [3.63, 3.8) is 0 Å². The topological polar surface area (TPSA) is 47.6 Å². The highest BCUT2D eigenvalue weighted by Crippen LogP contribution is 2.12. The molecule has 0 unspecified atom stereocenters. The third-order valence-electron chi connectivity index (χ3n) is 2.20. The first kappa shape index (κ1) is 10.5. The normalized spacial score (nSPS) is 18.5. The van der Waals surface area contributed by atoms with Gasteiger partial charge in [-0.05, 0) is 18.8 Å². The van der Waals surface area contributed by atoms with Gasteiger partial charge in [-0.2, -0.15) is 0 Å². The number of carbonyl (C=O) groups is 1. The number of methoxy groups -OCH3 is 1. The first-order valence-corrected chi connectivity index (χ1v) is 4.66. The SMILES string of the molecule is COCC(=O)NCC1CCOCC1. The zero-order valence-corrected chi connectivity index (χ0v) is 8.04. The van der Waals surface area contributed by atoms with Crippen molar-refractivity contribution < 1.29 is 14.3 Å². The van der Waals surface area contributed by atoms with Gasteiger partial charge in [0.15, 0.2) is 0 Å². The van der Waals surface area contributed by atoms with E-state index < -0.39 is 0 Å². The minimum atomic E-state index is -0.0333. The van der Waals surface area contributed by atoms with Gasteiger partial charge in [0.05, 0.1) is 0 Å². The predicted molar refractivity (Wildman–Crippen MR) is 48.4 cm³/mol. The van der Waals surface area contributed by atoms with Crippen LogP contribution in [0.3, 0.4) is 0 Å². The lowest BCUT2D eigenvalue weighted by Crippen LogP contribution is -2.34. The van der Waals surface area contributed by atoms with E-state index in [1.165, 1.54) is 7.11 Å². The number of amides is 1. The number of nitrogens with one attached hydrogen (secondary N) is 1. The molecule has 1 rings (SSSR count). The fourth-order valence-electron chi connectivity index (χ4n) is 1.39. The van der Waals surface area contributed by atoms with Crippen LogP contribution in [0.25, 0.3) is 0 Å². The van der Waals surface area contributed by atoms with E-state index in [9.17, 15) is 4.79 Å². The summed E-state index contributed by atoms with van der Waals surface area (Å²) >= 11 is 0. The second-order valence-electron chi connectivity index (χ2n) is 3.29. The lowest BCUT2D eigenvalue weighted by atomic mass is 10.0. The zero-order chi connectivity index (χ0) is 9.52. The molecule has 76 valence electrons. The smallest absolute Gasteiger partial charge is 0.245 e. The first-order valence-electron chi connectivity index (χ1n) is 4.66. The molecule has 0 aromatic carbocycles. The number of ether oxygens (including phenoxy) is 2. The Morgan fingerprint density at radius 2 is 2.23 bits per heavy atom. The van der Waals surface area contributed by atoms with E-state index in [-0.39, 0.29) is 12.5 Å². The van der Waals surface area contributed by atoms with Gasteiger partial charge in [0.25, 0.3) is 0 Å². The summed E-state index contributed by atoms with van der Waals surface area (Å²) in [6, 6.07) is 0. The van der Waals surface area contributed by atoms with Crippen molar-refractivity contribution in [2.45, 2.75) is 12.8 Å². The molecule has 1 heterocycles. The van der Waals surface area contributed by atoms with Crippen molar-refractivity contribution in [3.8, 4) is 0 Å².